The maximum absolute atomic E-state index is 12.6. The second kappa shape index (κ2) is 7.97. The van der Waals surface area contributed by atoms with Crippen molar-refractivity contribution in [3.05, 3.63) is 47.4 Å². The zero-order valence-electron chi connectivity index (χ0n) is 14.0. The molecule has 0 bridgehead atoms. The van der Waals surface area contributed by atoms with Crippen LogP contribution in [0.25, 0.3) is 0 Å². The fraction of sp³-hybridized carbons (Fsp3) is 0.312. The number of piperazine rings is 1. The Hall–Kier alpha value is -2.59. The quantitative estimate of drug-likeness (QED) is 0.458. The van der Waals surface area contributed by atoms with Gasteiger partial charge in [0, 0.05) is 38.6 Å². The molecule has 1 aromatic heterocycles. The van der Waals surface area contributed by atoms with Crippen LogP contribution in [-0.2, 0) is 6.18 Å². The van der Waals surface area contributed by atoms with Crippen LogP contribution in [0.2, 0.25) is 5.15 Å². The summed E-state index contributed by atoms with van der Waals surface area (Å²) in [4.78, 5) is 16.1. The van der Waals surface area contributed by atoms with Gasteiger partial charge >= 0.3 is 6.18 Å². The van der Waals surface area contributed by atoms with Gasteiger partial charge in [-0.3, -0.25) is 5.21 Å². The van der Waals surface area contributed by atoms with E-state index in [2.05, 4.69) is 15.0 Å². The van der Waals surface area contributed by atoms with Gasteiger partial charge in [-0.25, -0.2) is 20.4 Å². The van der Waals surface area contributed by atoms with Crippen molar-refractivity contribution >= 4 is 29.1 Å². The van der Waals surface area contributed by atoms with Crippen molar-refractivity contribution in [1.29, 1.82) is 0 Å². The lowest BCUT2D eigenvalue weighted by Crippen LogP contribution is -2.52. The molecule has 1 fully saturated rings. The minimum absolute atomic E-state index is 0.152. The molecule has 1 aliphatic rings. The number of alkyl halides is 3. The lowest BCUT2D eigenvalue weighted by atomic mass is 10.2. The summed E-state index contributed by atoms with van der Waals surface area (Å²) in [6.45, 7) is 2.12. The average molecular weight is 401 g/mol. The van der Waals surface area contributed by atoms with Crippen molar-refractivity contribution in [3.63, 3.8) is 0 Å². The van der Waals surface area contributed by atoms with E-state index in [1.165, 1.54) is 18.3 Å². The van der Waals surface area contributed by atoms with Gasteiger partial charge in [-0.15, -0.1) is 0 Å². The third-order valence-corrected chi connectivity index (χ3v) is 4.31. The minimum Gasteiger partial charge on any atom is -0.351 e. The SMILES string of the molecule is ONC(=Nc1ccc(C(F)(F)F)cc1)N1CCN(c2nccnc2Cl)CC1. The van der Waals surface area contributed by atoms with Gasteiger partial charge in [-0.2, -0.15) is 13.2 Å². The van der Waals surface area contributed by atoms with Gasteiger partial charge in [0.2, 0.25) is 5.96 Å². The van der Waals surface area contributed by atoms with Gasteiger partial charge in [-0.05, 0) is 24.3 Å². The summed E-state index contributed by atoms with van der Waals surface area (Å²) in [5.41, 5.74) is 1.55. The number of benzene rings is 1. The first-order valence-electron chi connectivity index (χ1n) is 8.01. The highest BCUT2D eigenvalue weighted by molar-refractivity contribution is 6.31. The number of nitrogens with one attached hydrogen (secondary N) is 1. The average Bonchev–Trinajstić information content (AvgIpc) is 2.66. The first-order chi connectivity index (χ1) is 12.9. The molecule has 2 N–H and O–H groups in total. The number of guanidine groups is 1. The summed E-state index contributed by atoms with van der Waals surface area (Å²) >= 11 is 6.05. The van der Waals surface area contributed by atoms with Crippen molar-refractivity contribution in [3.8, 4) is 0 Å². The number of halogens is 4. The van der Waals surface area contributed by atoms with Gasteiger partial charge < -0.3 is 9.80 Å². The van der Waals surface area contributed by atoms with Crippen LogP contribution in [0, 0.1) is 0 Å². The Balaban J connectivity index is 1.68. The number of hydroxylamine groups is 1. The summed E-state index contributed by atoms with van der Waals surface area (Å²) in [6.07, 6.45) is -1.34. The van der Waals surface area contributed by atoms with E-state index in [4.69, 9.17) is 11.6 Å². The molecule has 27 heavy (non-hydrogen) atoms. The van der Waals surface area contributed by atoms with E-state index >= 15 is 0 Å². The molecule has 0 spiro atoms. The molecule has 0 amide bonds. The monoisotopic (exact) mass is 400 g/mol. The predicted molar refractivity (Wildman–Crippen MR) is 94.3 cm³/mol. The molecule has 144 valence electrons. The topological polar surface area (TPSA) is 76.9 Å². The Morgan fingerprint density at radius 2 is 1.70 bits per heavy atom. The molecule has 11 heteroatoms. The standard InChI is InChI=1S/C16H16ClF3N6O/c17-13-14(22-6-5-21-13)25-7-9-26(10-8-25)15(24-27)23-12-3-1-11(2-4-12)16(18,19)20/h1-6,27H,7-10H2,(H,23,24). The molecule has 1 aromatic carbocycles. The van der Waals surface area contributed by atoms with Crippen LogP contribution in [0.3, 0.4) is 0 Å². The summed E-state index contributed by atoms with van der Waals surface area (Å²) in [5.74, 6) is 0.733. The molecule has 0 radical (unpaired) electrons. The van der Waals surface area contributed by atoms with Crippen LogP contribution in [-0.4, -0.2) is 52.2 Å². The van der Waals surface area contributed by atoms with E-state index in [9.17, 15) is 18.4 Å². The van der Waals surface area contributed by atoms with E-state index in [1.807, 2.05) is 10.4 Å². The molecule has 0 atom stereocenters. The maximum atomic E-state index is 12.6. The van der Waals surface area contributed by atoms with Crippen LogP contribution in [0.5, 0.6) is 0 Å². The van der Waals surface area contributed by atoms with Crippen molar-refractivity contribution in [1.82, 2.24) is 20.3 Å². The van der Waals surface area contributed by atoms with Crippen LogP contribution >= 0.6 is 11.6 Å². The Morgan fingerprint density at radius 3 is 2.26 bits per heavy atom. The van der Waals surface area contributed by atoms with Crippen LogP contribution in [0.15, 0.2) is 41.7 Å². The summed E-state index contributed by atoms with van der Waals surface area (Å²) in [5, 5.41) is 9.70. The van der Waals surface area contributed by atoms with E-state index in [-0.39, 0.29) is 5.96 Å². The highest BCUT2D eigenvalue weighted by Crippen LogP contribution is 2.30. The molecular weight excluding hydrogens is 385 g/mol. The lowest BCUT2D eigenvalue weighted by molar-refractivity contribution is -0.137. The number of aliphatic imine (C=N–C) groups is 1. The Labute approximate surface area is 158 Å². The molecule has 2 heterocycles. The van der Waals surface area contributed by atoms with Crippen molar-refractivity contribution in [2.45, 2.75) is 6.18 Å². The van der Waals surface area contributed by atoms with E-state index in [0.717, 1.165) is 12.1 Å². The molecule has 2 aromatic rings. The van der Waals surface area contributed by atoms with Gasteiger partial charge in [0.15, 0.2) is 11.0 Å². The number of anilines is 1. The highest BCUT2D eigenvalue weighted by atomic mass is 35.5. The molecule has 1 saturated heterocycles. The fourth-order valence-electron chi connectivity index (χ4n) is 2.67. The van der Waals surface area contributed by atoms with Crippen molar-refractivity contribution in [2.75, 3.05) is 31.1 Å². The Morgan fingerprint density at radius 1 is 1.07 bits per heavy atom. The van der Waals surface area contributed by atoms with E-state index in [0.29, 0.717) is 42.8 Å². The molecule has 7 nitrogen and oxygen atoms in total. The molecule has 0 saturated carbocycles. The molecule has 1 aliphatic heterocycles. The summed E-state index contributed by atoms with van der Waals surface area (Å²) < 4.78 is 37.9. The van der Waals surface area contributed by atoms with Crippen molar-refractivity contribution in [2.24, 2.45) is 4.99 Å². The van der Waals surface area contributed by atoms with Gasteiger partial charge in [0.05, 0.1) is 11.3 Å². The van der Waals surface area contributed by atoms with Gasteiger partial charge in [0.25, 0.3) is 0 Å². The number of nitrogens with zero attached hydrogens (tertiary/aromatic N) is 5. The Kier molecular flexibility index (Phi) is 5.66. The zero-order chi connectivity index (χ0) is 19.4. The van der Waals surface area contributed by atoms with Crippen LogP contribution in [0.1, 0.15) is 5.56 Å². The van der Waals surface area contributed by atoms with Crippen LogP contribution < -0.4 is 10.4 Å². The number of hydrogen-bond donors (Lipinski definition) is 2. The number of rotatable bonds is 2. The second-order valence-electron chi connectivity index (χ2n) is 5.74. The van der Waals surface area contributed by atoms with Crippen molar-refractivity contribution < 1.29 is 18.4 Å². The van der Waals surface area contributed by atoms with Crippen LogP contribution in [0.4, 0.5) is 24.7 Å². The zero-order valence-corrected chi connectivity index (χ0v) is 14.7. The normalized spacial score (nSPS) is 15.8. The Bertz CT molecular complexity index is 807. The molecule has 0 unspecified atom stereocenters. The lowest BCUT2D eigenvalue weighted by Gasteiger charge is -2.36. The molecule has 3 rings (SSSR count). The molecular formula is C16H16ClF3N6O. The van der Waals surface area contributed by atoms with Gasteiger partial charge in [0.1, 0.15) is 0 Å². The maximum Gasteiger partial charge on any atom is 0.416 e. The van der Waals surface area contributed by atoms with Gasteiger partial charge in [-0.1, -0.05) is 11.6 Å². The number of hydrogen-bond acceptors (Lipinski definition) is 5. The second-order valence-corrected chi connectivity index (χ2v) is 6.09. The highest BCUT2D eigenvalue weighted by Gasteiger charge is 2.30. The predicted octanol–water partition coefficient (Wildman–Crippen LogP) is 2.94. The first kappa shape index (κ1) is 19.2. The summed E-state index contributed by atoms with van der Waals surface area (Å²) in [6, 6.07) is 4.38. The third-order valence-electron chi connectivity index (χ3n) is 4.04. The smallest absolute Gasteiger partial charge is 0.351 e. The fourth-order valence-corrected chi connectivity index (χ4v) is 2.89. The number of aromatic nitrogens is 2. The van der Waals surface area contributed by atoms with E-state index in [1.54, 1.807) is 11.1 Å². The largest absolute Gasteiger partial charge is 0.416 e. The third kappa shape index (κ3) is 4.58. The molecule has 0 aliphatic carbocycles. The summed E-state index contributed by atoms with van der Waals surface area (Å²) in [7, 11) is 0. The first-order valence-corrected chi connectivity index (χ1v) is 8.39. The minimum atomic E-state index is -4.40. The van der Waals surface area contributed by atoms with E-state index < -0.39 is 11.7 Å².